The van der Waals surface area contributed by atoms with Crippen molar-refractivity contribution in [3.05, 3.63) is 71.3 Å². The lowest BCUT2D eigenvalue weighted by Gasteiger charge is -2.26. The minimum Gasteiger partial charge on any atom is -0.308 e. The molecule has 0 bridgehead atoms. The SMILES string of the molecule is CC(C)(CCc1ccccc1)NCc1ccc(C#N)cc1. The Morgan fingerprint density at radius 3 is 2.24 bits per heavy atom. The molecule has 108 valence electrons. The number of rotatable bonds is 6. The van der Waals surface area contributed by atoms with Crippen LogP contribution in [0.15, 0.2) is 54.6 Å². The largest absolute Gasteiger partial charge is 0.308 e. The van der Waals surface area contributed by atoms with Crippen molar-refractivity contribution in [3.63, 3.8) is 0 Å². The van der Waals surface area contributed by atoms with E-state index in [9.17, 15) is 0 Å². The predicted octanol–water partition coefficient (Wildman–Crippen LogP) is 4.06. The molecule has 2 heteroatoms. The van der Waals surface area contributed by atoms with Crippen LogP contribution in [0.2, 0.25) is 0 Å². The third-order valence-corrected chi connectivity index (χ3v) is 3.74. The summed E-state index contributed by atoms with van der Waals surface area (Å²) >= 11 is 0. The molecule has 0 aliphatic rings. The van der Waals surface area contributed by atoms with Crippen LogP contribution >= 0.6 is 0 Å². The van der Waals surface area contributed by atoms with Crippen LogP contribution in [-0.2, 0) is 13.0 Å². The van der Waals surface area contributed by atoms with Crippen molar-refractivity contribution in [2.24, 2.45) is 0 Å². The molecule has 0 saturated heterocycles. The number of aryl methyl sites for hydroxylation is 1. The maximum atomic E-state index is 8.80. The zero-order valence-corrected chi connectivity index (χ0v) is 12.8. The molecule has 1 N–H and O–H groups in total. The summed E-state index contributed by atoms with van der Waals surface area (Å²) in [5.74, 6) is 0. The second-order valence-corrected chi connectivity index (χ2v) is 6.03. The van der Waals surface area contributed by atoms with E-state index in [0.717, 1.165) is 19.4 Å². The molecule has 0 aliphatic heterocycles. The van der Waals surface area contributed by atoms with Gasteiger partial charge in [-0.2, -0.15) is 5.26 Å². The van der Waals surface area contributed by atoms with Crippen molar-refractivity contribution < 1.29 is 0 Å². The Balaban J connectivity index is 1.84. The molecule has 0 radical (unpaired) electrons. The van der Waals surface area contributed by atoms with E-state index in [1.807, 2.05) is 24.3 Å². The third-order valence-electron chi connectivity index (χ3n) is 3.74. The standard InChI is InChI=1S/C19H22N2/c1-19(2,13-12-16-6-4-3-5-7-16)21-15-18-10-8-17(14-20)9-11-18/h3-11,21H,12-13,15H2,1-2H3. The molecule has 2 rings (SSSR count). The quantitative estimate of drug-likeness (QED) is 0.865. The van der Waals surface area contributed by atoms with Crippen molar-refractivity contribution >= 4 is 0 Å². The first kappa shape index (κ1) is 15.3. The highest BCUT2D eigenvalue weighted by Gasteiger charge is 2.16. The summed E-state index contributed by atoms with van der Waals surface area (Å²) in [4.78, 5) is 0. The van der Waals surface area contributed by atoms with Crippen molar-refractivity contribution in [1.29, 1.82) is 5.26 Å². The molecule has 0 fully saturated rings. The highest BCUT2D eigenvalue weighted by molar-refractivity contribution is 5.31. The number of nitrogens with one attached hydrogen (secondary N) is 1. The summed E-state index contributed by atoms with van der Waals surface area (Å²) in [6.45, 7) is 5.30. The Hall–Kier alpha value is -2.11. The van der Waals surface area contributed by atoms with Crippen LogP contribution in [0.4, 0.5) is 0 Å². The van der Waals surface area contributed by atoms with E-state index in [-0.39, 0.29) is 5.54 Å². The molecule has 0 atom stereocenters. The fourth-order valence-electron chi connectivity index (χ4n) is 2.23. The van der Waals surface area contributed by atoms with Crippen LogP contribution in [0.5, 0.6) is 0 Å². The number of nitrogens with zero attached hydrogens (tertiary/aromatic N) is 1. The van der Waals surface area contributed by atoms with Crippen LogP contribution in [-0.4, -0.2) is 5.54 Å². The van der Waals surface area contributed by atoms with E-state index in [1.165, 1.54) is 11.1 Å². The van der Waals surface area contributed by atoms with E-state index in [0.29, 0.717) is 5.56 Å². The molecule has 0 aromatic heterocycles. The van der Waals surface area contributed by atoms with Crippen molar-refractivity contribution in [2.75, 3.05) is 0 Å². The maximum Gasteiger partial charge on any atom is 0.0991 e. The molecule has 2 nitrogen and oxygen atoms in total. The Morgan fingerprint density at radius 2 is 1.62 bits per heavy atom. The minimum absolute atomic E-state index is 0.0870. The summed E-state index contributed by atoms with van der Waals surface area (Å²) in [6, 6.07) is 20.5. The first-order chi connectivity index (χ1) is 10.1. The highest BCUT2D eigenvalue weighted by Crippen LogP contribution is 2.15. The normalized spacial score (nSPS) is 11.1. The fourth-order valence-corrected chi connectivity index (χ4v) is 2.23. The van der Waals surface area contributed by atoms with Gasteiger partial charge in [-0.05, 0) is 49.9 Å². The summed E-state index contributed by atoms with van der Waals surface area (Å²) in [7, 11) is 0. The van der Waals surface area contributed by atoms with Gasteiger partial charge in [0.15, 0.2) is 0 Å². The third kappa shape index (κ3) is 5.06. The zero-order chi connectivity index (χ0) is 15.1. The number of benzene rings is 2. The van der Waals surface area contributed by atoms with E-state index in [4.69, 9.17) is 5.26 Å². The molecule has 21 heavy (non-hydrogen) atoms. The Kier molecular flexibility index (Phi) is 5.14. The topological polar surface area (TPSA) is 35.8 Å². The summed E-state index contributed by atoms with van der Waals surface area (Å²) in [5.41, 5.74) is 3.39. The molecular formula is C19H22N2. The first-order valence-corrected chi connectivity index (χ1v) is 7.37. The van der Waals surface area contributed by atoms with Gasteiger partial charge in [-0.15, -0.1) is 0 Å². The molecule has 0 heterocycles. The number of hydrogen-bond donors (Lipinski definition) is 1. The monoisotopic (exact) mass is 278 g/mol. The van der Waals surface area contributed by atoms with Gasteiger partial charge < -0.3 is 5.32 Å². The van der Waals surface area contributed by atoms with Crippen molar-refractivity contribution in [1.82, 2.24) is 5.32 Å². The molecule has 0 saturated carbocycles. The Morgan fingerprint density at radius 1 is 0.952 bits per heavy atom. The highest BCUT2D eigenvalue weighted by atomic mass is 14.9. The molecule has 2 aromatic carbocycles. The second-order valence-electron chi connectivity index (χ2n) is 6.03. The molecular weight excluding hydrogens is 256 g/mol. The van der Waals surface area contributed by atoms with E-state index < -0.39 is 0 Å². The van der Waals surface area contributed by atoms with Gasteiger partial charge in [0.1, 0.15) is 0 Å². The van der Waals surface area contributed by atoms with E-state index in [2.05, 4.69) is 55.6 Å². The van der Waals surface area contributed by atoms with Gasteiger partial charge in [0.05, 0.1) is 11.6 Å². The molecule has 0 unspecified atom stereocenters. The zero-order valence-electron chi connectivity index (χ0n) is 12.8. The van der Waals surface area contributed by atoms with E-state index in [1.54, 1.807) is 0 Å². The minimum atomic E-state index is 0.0870. The first-order valence-electron chi connectivity index (χ1n) is 7.37. The van der Waals surface area contributed by atoms with Gasteiger partial charge in [0.25, 0.3) is 0 Å². The lowest BCUT2D eigenvalue weighted by molar-refractivity contribution is 0.360. The summed E-state index contributed by atoms with van der Waals surface area (Å²) in [5, 5.41) is 12.4. The summed E-state index contributed by atoms with van der Waals surface area (Å²) in [6.07, 6.45) is 2.17. The van der Waals surface area contributed by atoms with Crippen LogP contribution in [0.1, 0.15) is 37.0 Å². The predicted molar refractivity (Wildman–Crippen MR) is 86.8 cm³/mol. The van der Waals surface area contributed by atoms with Gasteiger partial charge in [-0.1, -0.05) is 42.5 Å². The van der Waals surface area contributed by atoms with Gasteiger partial charge >= 0.3 is 0 Å². The molecule has 0 aliphatic carbocycles. The number of nitriles is 1. The average molecular weight is 278 g/mol. The smallest absolute Gasteiger partial charge is 0.0991 e. The second kappa shape index (κ2) is 7.06. The average Bonchev–Trinajstić information content (AvgIpc) is 2.53. The Bertz CT molecular complexity index is 592. The molecule has 2 aromatic rings. The van der Waals surface area contributed by atoms with Crippen molar-refractivity contribution in [3.8, 4) is 6.07 Å². The lowest BCUT2D eigenvalue weighted by atomic mass is 9.95. The van der Waals surface area contributed by atoms with Crippen LogP contribution < -0.4 is 5.32 Å². The van der Waals surface area contributed by atoms with Crippen LogP contribution in [0.25, 0.3) is 0 Å². The lowest BCUT2D eigenvalue weighted by Crippen LogP contribution is -2.39. The molecule has 0 amide bonds. The van der Waals surface area contributed by atoms with Crippen LogP contribution in [0, 0.1) is 11.3 Å². The number of hydrogen-bond acceptors (Lipinski definition) is 2. The molecule has 0 spiro atoms. The maximum absolute atomic E-state index is 8.80. The van der Waals surface area contributed by atoms with E-state index >= 15 is 0 Å². The Labute approximate surface area is 127 Å². The van der Waals surface area contributed by atoms with Crippen molar-refractivity contribution in [2.45, 2.75) is 38.8 Å². The van der Waals surface area contributed by atoms with Gasteiger partial charge in [0.2, 0.25) is 0 Å². The van der Waals surface area contributed by atoms with Gasteiger partial charge in [0, 0.05) is 12.1 Å². The summed E-state index contributed by atoms with van der Waals surface area (Å²) < 4.78 is 0. The van der Waals surface area contributed by atoms with Gasteiger partial charge in [-0.3, -0.25) is 0 Å². The van der Waals surface area contributed by atoms with Gasteiger partial charge in [-0.25, -0.2) is 0 Å². The van der Waals surface area contributed by atoms with Crippen LogP contribution in [0.3, 0.4) is 0 Å². The fraction of sp³-hybridized carbons (Fsp3) is 0.316.